The van der Waals surface area contributed by atoms with Gasteiger partial charge < -0.3 is 15.4 Å². The lowest BCUT2D eigenvalue weighted by Gasteiger charge is -2.01. The predicted octanol–water partition coefficient (Wildman–Crippen LogP) is 1.55. The molecule has 0 bridgehead atoms. The molecule has 0 fully saturated rings. The molecular weight excluding hydrogens is 192 g/mol. The zero-order valence-electron chi connectivity index (χ0n) is 8.18. The second kappa shape index (κ2) is 4.14. The molecule has 0 atom stereocenters. The molecule has 78 valence electrons. The third kappa shape index (κ3) is 1.85. The first-order chi connectivity index (χ1) is 7.33. The zero-order chi connectivity index (χ0) is 10.7. The van der Waals surface area contributed by atoms with Crippen LogP contribution in [0.4, 0.5) is 0 Å². The van der Waals surface area contributed by atoms with Gasteiger partial charge in [0.1, 0.15) is 5.75 Å². The van der Waals surface area contributed by atoms with Crippen LogP contribution < -0.4 is 5.73 Å². The van der Waals surface area contributed by atoms with Crippen LogP contribution in [0.2, 0.25) is 0 Å². The molecule has 0 amide bonds. The Morgan fingerprint density at radius 1 is 1.33 bits per heavy atom. The molecule has 3 N–H and O–H groups in total. The predicted molar refractivity (Wildman–Crippen MR) is 56.4 cm³/mol. The topological polar surface area (TPSA) is 72.3 Å². The second-order valence-electron chi connectivity index (χ2n) is 3.24. The molecular formula is C11H12N2O2. The number of para-hydroxylation sites is 1. The van der Waals surface area contributed by atoms with Gasteiger partial charge in [-0.3, -0.25) is 0 Å². The van der Waals surface area contributed by atoms with Crippen molar-refractivity contribution < 1.29 is 9.63 Å². The smallest absolute Gasteiger partial charge is 0.173 e. The molecule has 1 aromatic heterocycles. The molecule has 0 radical (unpaired) electrons. The third-order valence-electron chi connectivity index (χ3n) is 2.21. The minimum atomic E-state index is 0.188. The lowest BCUT2D eigenvalue weighted by atomic mass is 10.1. The van der Waals surface area contributed by atoms with E-state index in [1.165, 1.54) is 0 Å². The van der Waals surface area contributed by atoms with Crippen LogP contribution in [-0.2, 0) is 6.42 Å². The van der Waals surface area contributed by atoms with Gasteiger partial charge in [-0.25, -0.2) is 0 Å². The molecule has 1 aromatic carbocycles. The third-order valence-corrected chi connectivity index (χ3v) is 2.21. The summed E-state index contributed by atoms with van der Waals surface area (Å²) in [4.78, 5) is 0. The quantitative estimate of drug-likeness (QED) is 0.795. The maximum absolute atomic E-state index is 9.66. The molecule has 0 saturated carbocycles. The average molecular weight is 204 g/mol. The van der Waals surface area contributed by atoms with Crippen LogP contribution in [0, 0.1) is 0 Å². The van der Waals surface area contributed by atoms with Gasteiger partial charge in [-0.2, -0.15) is 0 Å². The van der Waals surface area contributed by atoms with E-state index < -0.39 is 0 Å². The fraction of sp³-hybridized carbons (Fsp3) is 0.182. The van der Waals surface area contributed by atoms with Crippen molar-refractivity contribution in [2.45, 2.75) is 6.42 Å². The lowest BCUT2D eigenvalue weighted by molar-refractivity contribution is 0.425. The Labute approximate surface area is 87.3 Å². The minimum absolute atomic E-state index is 0.188. The summed E-state index contributed by atoms with van der Waals surface area (Å²) in [5.74, 6) is 0.783. The van der Waals surface area contributed by atoms with E-state index >= 15 is 0 Å². The molecule has 1 heterocycles. The van der Waals surface area contributed by atoms with Crippen molar-refractivity contribution >= 4 is 0 Å². The maximum atomic E-state index is 9.66. The molecule has 15 heavy (non-hydrogen) atoms. The number of rotatable bonds is 3. The number of phenols is 1. The average Bonchev–Trinajstić information content (AvgIpc) is 2.67. The summed E-state index contributed by atoms with van der Waals surface area (Å²) in [5, 5.41) is 13.4. The van der Waals surface area contributed by atoms with E-state index in [0.717, 1.165) is 5.56 Å². The molecule has 0 aliphatic heterocycles. The van der Waals surface area contributed by atoms with Gasteiger partial charge in [-0.15, -0.1) is 0 Å². The standard InChI is InChI=1S/C11H12N2O2/c12-6-5-8-7-13-15-11(8)9-3-1-2-4-10(9)14/h1-4,7,14H,5-6,12H2. The van der Waals surface area contributed by atoms with E-state index in [1.807, 2.05) is 6.07 Å². The molecule has 0 spiro atoms. The number of nitrogens with two attached hydrogens (primary N) is 1. The van der Waals surface area contributed by atoms with Crippen molar-refractivity contribution in [2.75, 3.05) is 6.54 Å². The van der Waals surface area contributed by atoms with E-state index in [-0.39, 0.29) is 5.75 Å². The van der Waals surface area contributed by atoms with Gasteiger partial charge in [0.05, 0.1) is 11.8 Å². The van der Waals surface area contributed by atoms with Crippen LogP contribution in [-0.4, -0.2) is 16.8 Å². The molecule has 0 aliphatic rings. The first-order valence-electron chi connectivity index (χ1n) is 4.75. The largest absolute Gasteiger partial charge is 0.507 e. The Bertz CT molecular complexity index is 451. The number of hydrogen-bond acceptors (Lipinski definition) is 4. The van der Waals surface area contributed by atoms with Gasteiger partial charge >= 0.3 is 0 Å². The Morgan fingerprint density at radius 2 is 2.13 bits per heavy atom. The molecule has 0 aliphatic carbocycles. The Kier molecular flexibility index (Phi) is 2.69. The highest BCUT2D eigenvalue weighted by Crippen LogP contribution is 2.31. The molecule has 4 heteroatoms. The van der Waals surface area contributed by atoms with Crippen LogP contribution >= 0.6 is 0 Å². The normalized spacial score (nSPS) is 10.5. The van der Waals surface area contributed by atoms with Gasteiger partial charge in [0.15, 0.2) is 5.76 Å². The van der Waals surface area contributed by atoms with Gasteiger partial charge in [0, 0.05) is 5.56 Å². The van der Waals surface area contributed by atoms with Crippen LogP contribution in [0.15, 0.2) is 35.0 Å². The van der Waals surface area contributed by atoms with Crippen LogP contribution in [0.5, 0.6) is 5.75 Å². The first-order valence-corrected chi connectivity index (χ1v) is 4.75. The number of aromatic hydroxyl groups is 1. The van der Waals surface area contributed by atoms with Crippen LogP contribution in [0.3, 0.4) is 0 Å². The summed E-state index contributed by atoms with van der Waals surface area (Å²) in [6.45, 7) is 0.530. The summed E-state index contributed by atoms with van der Waals surface area (Å²) in [5.41, 5.74) is 7.04. The molecule has 0 unspecified atom stereocenters. The summed E-state index contributed by atoms with van der Waals surface area (Å²) >= 11 is 0. The Hall–Kier alpha value is -1.81. The SMILES string of the molecule is NCCc1cnoc1-c1ccccc1O. The van der Waals surface area contributed by atoms with Gasteiger partial charge in [-0.05, 0) is 25.1 Å². The highest BCUT2D eigenvalue weighted by Gasteiger charge is 2.12. The van der Waals surface area contributed by atoms with E-state index in [4.69, 9.17) is 10.3 Å². The summed E-state index contributed by atoms with van der Waals surface area (Å²) in [7, 11) is 0. The summed E-state index contributed by atoms with van der Waals surface area (Å²) in [6, 6.07) is 7.00. The fourth-order valence-electron chi connectivity index (χ4n) is 1.48. The number of phenolic OH excluding ortho intramolecular Hbond substituents is 1. The number of benzene rings is 1. The molecule has 2 aromatic rings. The van der Waals surface area contributed by atoms with Gasteiger partial charge in [0.25, 0.3) is 0 Å². The van der Waals surface area contributed by atoms with E-state index in [0.29, 0.717) is 24.3 Å². The highest BCUT2D eigenvalue weighted by molar-refractivity contribution is 5.67. The van der Waals surface area contributed by atoms with Gasteiger partial charge in [-0.1, -0.05) is 17.3 Å². The summed E-state index contributed by atoms with van der Waals surface area (Å²) in [6.07, 6.45) is 2.32. The molecule has 2 rings (SSSR count). The fourth-order valence-corrected chi connectivity index (χ4v) is 1.48. The molecule has 0 saturated heterocycles. The van der Waals surface area contributed by atoms with E-state index in [2.05, 4.69) is 5.16 Å². The summed E-state index contributed by atoms with van der Waals surface area (Å²) < 4.78 is 5.12. The Balaban J connectivity index is 2.45. The Morgan fingerprint density at radius 3 is 2.87 bits per heavy atom. The zero-order valence-corrected chi connectivity index (χ0v) is 8.18. The second-order valence-corrected chi connectivity index (χ2v) is 3.24. The monoisotopic (exact) mass is 204 g/mol. The number of nitrogens with zero attached hydrogens (tertiary/aromatic N) is 1. The number of hydrogen-bond donors (Lipinski definition) is 2. The lowest BCUT2D eigenvalue weighted by Crippen LogP contribution is -2.02. The van der Waals surface area contributed by atoms with E-state index in [1.54, 1.807) is 24.4 Å². The van der Waals surface area contributed by atoms with Crippen molar-refractivity contribution in [3.63, 3.8) is 0 Å². The molecule has 4 nitrogen and oxygen atoms in total. The highest BCUT2D eigenvalue weighted by atomic mass is 16.5. The van der Waals surface area contributed by atoms with Crippen LogP contribution in [0.1, 0.15) is 5.56 Å². The van der Waals surface area contributed by atoms with Crippen molar-refractivity contribution in [1.29, 1.82) is 0 Å². The van der Waals surface area contributed by atoms with Crippen molar-refractivity contribution in [3.05, 3.63) is 36.0 Å². The van der Waals surface area contributed by atoms with Crippen molar-refractivity contribution in [1.82, 2.24) is 5.16 Å². The maximum Gasteiger partial charge on any atom is 0.173 e. The minimum Gasteiger partial charge on any atom is -0.507 e. The van der Waals surface area contributed by atoms with Crippen LogP contribution in [0.25, 0.3) is 11.3 Å². The number of aromatic nitrogens is 1. The van der Waals surface area contributed by atoms with Gasteiger partial charge in [0.2, 0.25) is 0 Å². The first kappa shape index (κ1) is 9.73. The van der Waals surface area contributed by atoms with E-state index in [9.17, 15) is 5.11 Å². The van der Waals surface area contributed by atoms with Crippen molar-refractivity contribution in [3.8, 4) is 17.1 Å². The van der Waals surface area contributed by atoms with Crippen molar-refractivity contribution in [2.24, 2.45) is 5.73 Å².